The average Bonchev–Trinajstić information content (AvgIpc) is 2.65. The van der Waals surface area contributed by atoms with Crippen molar-refractivity contribution in [3.05, 3.63) is 271 Å². The standard InChI is InChI=1S/C80H71N3/c1-9-47-79(5,6)70-33-22-32-69(78(3,4)10-2)77(70)57-39-46-76-68(50-57)67-31-16-19-36-75(67)82(76)60-28-21-25-56(49-60)55-24-20-23-54(48-55)53-37-40-59(41-38-53)81(58-26-12-11-13-27-58)61-42-44-63-64-45-43-62(52-72(64)80(7,8)71(63)51-61)83-73-34-17-14-29-65(73)66-30-15-18-35-74(66)83/h11-46,48-52H,9-10,47H2,1-8H3. The summed E-state index contributed by atoms with van der Waals surface area (Å²) < 4.78 is 4.90. The van der Waals surface area contributed by atoms with Crippen molar-refractivity contribution in [2.24, 2.45) is 0 Å². The van der Waals surface area contributed by atoms with Crippen LogP contribution >= 0.6 is 0 Å². The van der Waals surface area contributed by atoms with Gasteiger partial charge in [-0.05, 0) is 187 Å². The fourth-order valence-corrected chi connectivity index (χ4v) is 14.1. The predicted molar refractivity (Wildman–Crippen MR) is 355 cm³/mol. The Bertz CT molecular complexity index is 4580. The summed E-state index contributed by atoms with van der Waals surface area (Å²) >= 11 is 0. The molecule has 1 aliphatic rings. The number of hydrogen-bond acceptors (Lipinski definition) is 1. The summed E-state index contributed by atoms with van der Waals surface area (Å²) in [6.07, 6.45) is 3.35. The molecular weight excluding hydrogens is 1000 g/mol. The molecule has 0 atom stereocenters. The molecule has 2 aromatic heterocycles. The van der Waals surface area contributed by atoms with Crippen LogP contribution in [0.25, 0.3) is 99.5 Å². The van der Waals surface area contributed by atoms with Crippen molar-refractivity contribution >= 4 is 60.7 Å². The van der Waals surface area contributed by atoms with Crippen LogP contribution in [0.4, 0.5) is 17.1 Å². The molecule has 0 saturated carbocycles. The lowest BCUT2D eigenvalue weighted by Gasteiger charge is -2.33. The van der Waals surface area contributed by atoms with Crippen LogP contribution in [0.15, 0.2) is 249 Å². The van der Waals surface area contributed by atoms with E-state index in [1.807, 2.05) is 0 Å². The number of para-hydroxylation sites is 4. The van der Waals surface area contributed by atoms with E-state index in [9.17, 15) is 0 Å². The lowest BCUT2D eigenvalue weighted by atomic mass is 9.71. The first-order chi connectivity index (χ1) is 40.3. The largest absolute Gasteiger partial charge is 0.310 e. The number of rotatable bonds is 13. The zero-order valence-electron chi connectivity index (χ0n) is 49.1. The third-order valence-electron chi connectivity index (χ3n) is 18.8. The minimum atomic E-state index is -0.227. The summed E-state index contributed by atoms with van der Waals surface area (Å²) in [6.45, 7) is 19.1. The Hall–Kier alpha value is -9.18. The minimum Gasteiger partial charge on any atom is -0.310 e. The Morgan fingerprint density at radius 3 is 1.48 bits per heavy atom. The number of nitrogens with zero attached hydrogens (tertiary/aromatic N) is 3. The van der Waals surface area contributed by atoms with Crippen LogP contribution < -0.4 is 4.90 Å². The van der Waals surface area contributed by atoms with Crippen LogP contribution in [-0.4, -0.2) is 9.13 Å². The highest BCUT2D eigenvalue weighted by Crippen LogP contribution is 2.52. The molecule has 1 aliphatic carbocycles. The van der Waals surface area contributed by atoms with Gasteiger partial charge in [0.15, 0.2) is 0 Å². The monoisotopic (exact) mass is 1070 g/mol. The molecule has 13 aromatic rings. The van der Waals surface area contributed by atoms with Crippen LogP contribution in [0.1, 0.15) is 96.9 Å². The van der Waals surface area contributed by atoms with Gasteiger partial charge in [0.1, 0.15) is 0 Å². The van der Waals surface area contributed by atoms with Gasteiger partial charge in [-0.2, -0.15) is 0 Å². The molecule has 83 heavy (non-hydrogen) atoms. The van der Waals surface area contributed by atoms with Crippen molar-refractivity contribution in [1.29, 1.82) is 0 Å². The van der Waals surface area contributed by atoms with E-state index in [4.69, 9.17) is 0 Å². The summed E-state index contributed by atoms with van der Waals surface area (Å²) in [6, 6.07) is 93.1. The van der Waals surface area contributed by atoms with E-state index in [0.29, 0.717) is 0 Å². The Kier molecular flexibility index (Phi) is 12.6. The van der Waals surface area contributed by atoms with Gasteiger partial charge in [-0.1, -0.05) is 213 Å². The fraction of sp³-hybridized carbons (Fsp3) is 0.175. The zero-order valence-corrected chi connectivity index (χ0v) is 49.1. The van der Waals surface area contributed by atoms with Gasteiger partial charge in [0.2, 0.25) is 0 Å². The van der Waals surface area contributed by atoms with Crippen LogP contribution in [0, 0.1) is 0 Å². The topological polar surface area (TPSA) is 13.1 Å². The van der Waals surface area contributed by atoms with Crippen LogP contribution in [0.2, 0.25) is 0 Å². The van der Waals surface area contributed by atoms with E-state index in [-0.39, 0.29) is 16.2 Å². The van der Waals surface area contributed by atoms with E-state index < -0.39 is 0 Å². The molecule has 3 nitrogen and oxygen atoms in total. The second-order valence-electron chi connectivity index (χ2n) is 25.0. The molecule has 11 aromatic carbocycles. The van der Waals surface area contributed by atoms with E-state index >= 15 is 0 Å². The van der Waals surface area contributed by atoms with Crippen molar-refractivity contribution in [2.45, 2.75) is 90.9 Å². The molecule has 0 fully saturated rings. The lowest BCUT2D eigenvalue weighted by molar-refractivity contribution is 0.468. The maximum atomic E-state index is 2.48. The van der Waals surface area contributed by atoms with Crippen molar-refractivity contribution in [2.75, 3.05) is 4.90 Å². The van der Waals surface area contributed by atoms with Crippen molar-refractivity contribution in [3.63, 3.8) is 0 Å². The second kappa shape index (κ2) is 20.1. The molecule has 0 aliphatic heterocycles. The van der Waals surface area contributed by atoms with Crippen molar-refractivity contribution in [3.8, 4) is 55.9 Å². The maximum Gasteiger partial charge on any atom is 0.0541 e. The first-order valence-electron chi connectivity index (χ1n) is 29.9. The summed E-state index contributed by atoms with van der Waals surface area (Å²) in [5, 5.41) is 5.10. The van der Waals surface area contributed by atoms with Crippen molar-refractivity contribution < 1.29 is 0 Å². The maximum absolute atomic E-state index is 2.48. The quantitative estimate of drug-likeness (QED) is 0.112. The third kappa shape index (κ3) is 8.62. The SMILES string of the molecule is CCCC(C)(C)c1cccc(C(C)(C)CC)c1-c1ccc2c(c1)c1ccccc1n2-c1cccc(-c2cccc(-c3ccc(N(c4ccccc4)c4ccc5c(c4)C(C)(C)c4cc(-n6c7ccccc7c7ccccc76)ccc4-5)cc3)c2)c1. The van der Waals surface area contributed by atoms with Gasteiger partial charge in [-0.25, -0.2) is 0 Å². The highest BCUT2D eigenvalue weighted by molar-refractivity contribution is 6.11. The molecule has 0 amide bonds. The first-order valence-corrected chi connectivity index (χ1v) is 29.9. The number of fused-ring (bicyclic) bond motifs is 9. The Labute approximate surface area is 489 Å². The van der Waals surface area contributed by atoms with E-state index in [1.54, 1.807) is 0 Å². The smallest absolute Gasteiger partial charge is 0.0541 e. The number of aromatic nitrogens is 2. The number of hydrogen-bond donors (Lipinski definition) is 0. The first kappa shape index (κ1) is 51.9. The molecule has 0 unspecified atom stereocenters. The molecular formula is C80H71N3. The third-order valence-corrected chi connectivity index (χ3v) is 18.8. The van der Waals surface area contributed by atoms with E-state index in [2.05, 4.69) is 318 Å². The Balaban J connectivity index is 0.786. The molecule has 0 spiro atoms. The van der Waals surface area contributed by atoms with Gasteiger partial charge in [0.25, 0.3) is 0 Å². The zero-order chi connectivity index (χ0) is 56.8. The molecule has 3 heteroatoms. The summed E-state index contributed by atoms with van der Waals surface area (Å²) in [7, 11) is 0. The molecule has 0 N–H and O–H groups in total. The molecule has 0 saturated heterocycles. The molecule has 14 rings (SSSR count). The normalized spacial score (nSPS) is 13.1. The van der Waals surface area contributed by atoms with Gasteiger partial charge in [-0.3, -0.25) is 0 Å². The average molecular weight is 1070 g/mol. The van der Waals surface area contributed by atoms with E-state index in [1.165, 1.54) is 116 Å². The van der Waals surface area contributed by atoms with Crippen LogP contribution in [-0.2, 0) is 16.2 Å². The van der Waals surface area contributed by atoms with Gasteiger partial charge < -0.3 is 14.0 Å². The number of anilines is 3. The lowest BCUT2D eigenvalue weighted by Crippen LogP contribution is -2.23. The highest BCUT2D eigenvalue weighted by Gasteiger charge is 2.37. The molecule has 2 heterocycles. The summed E-state index contributed by atoms with van der Waals surface area (Å²) in [5.41, 5.74) is 26.0. The Morgan fingerprint density at radius 1 is 0.361 bits per heavy atom. The second-order valence-corrected chi connectivity index (χ2v) is 25.0. The number of benzene rings is 11. The minimum absolute atomic E-state index is 0.0287. The van der Waals surface area contributed by atoms with Crippen molar-refractivity contribution in [1.82, 2.24) is 9.13 Å². The van der Waals surface area contributed by atoms with Gasteiger partial charge in [0.05, 0.1) is 22.1 Å². The van der Waals surface area contributed by atoms with Gasteiger partial charge >= 0.3 is 0 Å². The van der Waals surface area contributed by atoms with Gasteiger partial charge in [-0.15, -0.1) is 0 Å². The fourth-order valence-electron chi connectivity index (χ4n) is 14.1. The van der Waals surface area contributed by atoms with E-state index in [0.717, 1.165) is 42.0 Å². The Morgan fingerprint density at radius 2 is 0.843 bits per heavy atom. The van der Waals surface area contributed by atoms with Crippen LogP contribution in [0.3, 0.4) is 0 Å². The highest BCUT2D eigenvalue weighted by atomic mass is 15.1. The van der Waals surface area contributed by atoms with Crippen LogP contribution in [0.5, 0.6) is 0 Å². The molecule has 0 bridgehead atoms. The molecule has 0 radical (unpaired) electrons. The summed E-state index contributed by atoms with van der Waals surface area (Å²) in [4.78, 5) is 2.40. The molecule has 406 valence electrons. The predicted octanol–water partition coefficient (Wildman–Crippen LogP) is 22.4. The summed E-state index contributed by atoms with van der Waals surface area (Å²) in [5.74, 6) is 0. The van der Waals surface area contributed by atoms with Gasteiger partial charge in [0, 0.05) is 55.4 Å².